The molecule has 2 heterocycles. The van der Waals surface area contributed by atoms with Gasteiger partial charge in [-0.1, -0.05) is 74.5 Å². The highest BCUT2D eigenvalue weighted by molar-refractivity contribution is 5.95. The molecule has 0 spiro atoms. The molecule has 0 unspecified atom stereocenters. The summed E-state index contributed by atoms with van der Waals surface area (Å²) in [6.07, 6.45) is 4.16. The fraction of sp³-hybridized carbons (Fsp3) is 0.531. The van der Waals surface area contributed by atoms with Crippen molar-refractivity contribution in [1.29, 1.82) is 0 Å². The summed E-state index contributed by atoms with van der Waals surface area (Å²) in [5.74, 6) is -0.252. The maximum Gasteiger partial charge on any atom is 0.246 e. The molecule has 0 aromatic heterocycles. The number of hydrogen-bond acceptors (Lipinski definition) is 5. The molecule has 2 aliphatic heterocycles. The minimum absolute atomic E-state index is 0.0153. The van der Waals surface area contributed by atoms with Gasteiger partial charge in [0.2, 0.25) is 11.8 Å². The van der Waals surface area contributed by atoms with E-state index < -0.39 is 12.1 Å². The van der Waals surface area contributed by atoms with Crippen LogP contribution in [0.4, 0.5) is 0 Å². The van der Waals surface area contributed by atoms with Crippen molar-refractivity contribution < 1.29 is 14.4 Å². The number of carbonyl (C=O) groups excluding carboxylic acids is 3. The second-order valence-electron chi connectivity index (χ2n) is 10.9. The Bertz CT molecular complexity index is 1050. The molecule has 0 bridgehead atoms. The number of benzene rings is 2. The molecule has 3 N–H and O–H groups in total. The highest BCUT2D eigenvalue weighted by atomic mass is 16.2. The van der Waals surface area contributed by atoms with Gasteiger partial charge in [-0.15, -0.1) is 0 Å². The van der Waals surface area contributed by atoms with E-state index in [2.05, 4.69) is 40.2 Å². The third-order valence-corrected chi connectivity index (χ3v) is 8.57. The lowest BCUT2D eigenvalue weighted by atomic mass is 9.85. The van der Waals surface area contributed by atoms with Crippen LogP contribution in [-0.2, 0) is 14.4 Å². The number of Topliss-reactive ketones (excluding diaryl/α,β-unsaturated/α-hetero) is 1. The Morgan fingerprint density at radius 3 is 2.10 bits per heavy atom. The highest BCUT2D eigenvalue weighted by Gasteiger charge is 2.47. The van der Waals surface area contributed by atoms with Crippen molar-refractivity contribution in [3.8, 4) is 0 Å². The summed E-state index contributed by atoms with van der Waals surface area (Å²) in [5.41, 5.74) is 2.20. The molecule has 5 atom stereocenters. The molecule has 2 aliphatic rings. The SMILES string of the molecule is CCNC[C@H]1CC[C@H]2CC[C@@H](C(=O)CC(c3ccccc3)c3ccccc3)N2C(=O)[C@H]1NC(=O)[C@H](CC)NC. The standard InChI is InChI=1S/C32H44N4O3/c1-4-27(33-3)31(38)35-30-24(21-34-5-2)16-17-25-18-19-28(36(25)32(30)39)29(37)20-26(22-12-8-6-9-13-22)23-14-10-7-11-15-23/h6-15,24-28,30,33-34H,4-5,16-21H2,1-3H3,(H,35,38)/t24-,25+,27+,28+,30+/m1/s1. The zero-order valence-electron chi connectivity index (χ0n) is 23.6. The molecule has 2 aromatic rings. The van der Waals surface area contributed by atoms with Crippen molar-refractivity contribution in [2.24, 2.45) is 5.92 Å². The second-order valence-corrected chi connectivity index (χ2v) is 10.9. The van der Waals surface area contributed by atoms with Crippen LogP contribution in [0.2, 0.25) is 0 Å². The number of hydrogen-bond donors (Lipinski definition) is 3. The number of nitrogens with zero attached hydrogens (tertiary/aromatic N) is 1. The molecule has 2 aromatic carbocycles. The van der Waals surface area contributed by atoms with Gasteiger partial charge in [-0.2, -0.15) is 0 Å². The monoisotopic (exact) mass is 532 g/mol. The number of fused-ring (bicyclic) bond motifs is 1. The topological polar surface area (TPSA) is 90.5 Å². The Balaban J connectivity index is 1.59. The lowest BCUT2D eigenvalue weighted by molar-refractivity contribution is -0.143. The Morgan fingerprint density at radius 2 is 1.54 bits per heavy atom. The second kappa shape index (κ2) is 13.9. The van der Waals surface area contributed by atoms with Crippen molar-refractivity contribution in [3.05, 3.63) is 71.8 Å². The summed E-state index contributed by atoms with van der Waals surface area (Å²) in [6.45, 7) is 5.46. The summed E-state index contributed by atoms with van der Waals surface area (Å²) in [5, 5.41) is 9.52. The van der Waals surface area contributed by atoms with Crippen LogP contribution in [0.3, 0.4) is 0 Å². The van der Waals surface area contributed by atoms with Gasteiger partial charge in [0.25, 0.3) is 0 Å². The third-order valence-electron chi connectivity index (χ3n) is 8.57. The van der Waals surface area contributed by atoms with E-state index in [1.807, 2.05) is 55.1 Å². The summed E-state index contributed by atoms with van der Waals surface area (Å²) in [7, 11) is 1.76. The maximum absolute atomic E-state index is 14.2. The van der Waals surface area contributed by atoms with Gasteiger partial charge in [-0.05, 0) is 56.8 Å². The third kappa shape index (κ3) is 6.76. The first-order chi connectivity index (χ1) is 19.0. The Hall–Kier alpha value is -3.03. The highest BCUT2D eigenvalue weighted by Crippen LogP contribution is 2.37. The Kier molecular flexibility index (Phi) is 10.3. The van der Waals surface area contributed by atoms with E-state index in [-0.39, 0.29) is 41.5 Å². The predicted molar refractivity (Wildman–Crippen MR) is 154 cm³/mol. The van der Waals surface area contributed by atoms with Gasteiger partial charge in [0.15, 0.2) is 5.78 Å². The predicted octanol–water partition coefficient (Wildman–Crippen LogP) is 3.64. The minimum atomic E-state index is -0.642. The van der Waals surface area contributed by atoms with Crippen molar-refractivity contribution in [2.45, 2.75) is 82.5 Å². The van der Waals surface area contributed by atoms with Crippen molar-refractivity contribution in [2.75, 3.05) is 20.1 Å². The largest absolute Gasteiger partial charge is 0.343 e. The molecule has 4 rings (SSSR count). The Morgan fingerprint density at radius 1 is 0.923 bits per heavy atom. The van der Waals surface area contributed by atoms with E-state index in [9.17, 15) is 14.4 Å². The van der Waals surface area contributed by atoms with Crippen LogP contribution in [0.25, 0.3) is 0 Å². The van der Waals surface area contributed by atoms with E-state index in [0.717, 1.165) is 36.9 Å². The fourth-order valence-electron chi connectivity index (χ4n) is 6.39. The van der Waals surface area contributed by atoms with E-state index >= 15 is 0 Å². The number of ketones is 1. The first-order valence-electron chi connectivity index (χ1n) is 14.6. The summed E-state index contributed by atoms with van der Waals surface area (Å²) >= 11 is 0. The van der Waals surface area contributed by atoms with Crippen LogP contribution in [0, 0.1) is 5.92 Å². The molecule has 2 amide bonds. The molecule has 0 saturated carbocycles. The van der Waals surface area contributed by atoms with Crippen LogP contribution in [0.1, 0.15) is 69.4 Å². The lowest BCUT2D eigenvalue weighted by Crippen LogP contribution is -2.58. The first-order valence-corrected chi connectivity index (χ1v) is 14.6. The molecule has 7 nitrogen and oxygen atoms in total. The Labute approximate surface area is 233 Å². The molecule has 2 saturated heterocycles. The molecule has 210 valence electrons. The number of carbonyl (C=O) groups is 3. The number of amides is 2. The van der Waals surface area contributed by atoms with Gasteiger partial charge in [-0.25, -0.2) is 0 Å². The molecule has 0 aliphatic carbocycles. The van der Waals surface area contributed by atoms with Gasteiger partial charge in [0, 0.05) is 30.8 Å². The molecular formula is C32H44N4O3. The van der Waals surface area contributed by atoms with E-state index in [4.69, 9.17) is 0 Å². The van der Waals surface area contributed by atoms with Gasteiger partial charge in [0.05, 0.1) is 12.1 Å². The maximum atomic E-state index is 14.2. The van der Waals surface area contributed by atoms with Crippen LogP contribution < -0.4 is 16.0 Å². The van der Waals surface area contributed by atoms with Crippen LogP contribution in [-0.4, -0.2) is 66.8 Å². The number of likely N-dealkylation sites (N-methyl/N-ethyl adjacent to an activating group) is 1. The van der Waals surface area contributed by atoms with Crippen molar-refractivity contribution >= 4 is 17.6 Å². The number of nitrogens with one attached hydrogen (secondary N) is 3. The smallest absolute Gasteiger partial charge is 0.246 e. The van der Waals surface area contributed by atoms with E-state index in [1.54, 1.807) is 7.05 Å². The average molecular weight is 533 g/mol. The normalized spacial score (nSPS) is 23.8. The zero-order valence-corrected chi connectivity index (χ0v) is 23.6. The summed E-state index contributed by atoms with van der Waals surface area (Å²) in [4.78, 5) is 43.1. The summed E-state index contributed by atoms with van der Waals surface area (Å²) < 4.78 is 0. The molecule has 7 heteroatoms. The van der Waals surface area contributed by atoms with Crippen LogP contribution >= 0.6 is 0 Å². The quantitative estimate of drug-likeness (QED) is 0.388. The zero-order chi connectivity index (χ0) is 27.8. The van der Waals surface area contributed by atoms with Gasteiger partial charge in [-0.3, -0.25) is 14.4 Å². The van der Waals surface area contributed by atoms with Crippen molar-refractivity contribution in [1.82, 2.24) is 20.9 Å². The van der Waals surface area contributed by atoms with Gasteiger partial charge in [0.1, 0.15) is 6.04 Å². The van der Waals surface area contributed by atoms with Crippen molar-refractivity contribution in [3.63, 3.8) is 0 Å². The molecule has 0 radical (unpaired) electrons. The van der Waals surface area contributed by atoms with Gasteiger partial charge >= 0.3 is 0 Å². The fourth-order valence-corrected chi connectivity index (χ4v) is 6.39. The van der Waals surface area contributed by atoms with Crippen LogP contribution in [0.15, 0.2) is 60.7 Å². The minimum Gasteiger partial charge on any atom is -0.343 e. The first kappa shape index (κ1) is 29.0. The lowest BCUT2D eigenvalue weighted by Gasteiger charge is -2.33. The van der Waals surface area contributed by atoms with Gasteiger partial charge < -0.3 is 20.9 Å². The average Bonchev–Trinajstić information content (AvgIpc) is 3.35. The van der Waals surface area contributed by atoms with Crippen LogP contribution in [0.5, 0.6) is 0 Å². The summed E-state index contributed by atoms with van der Waals surface area (Å²) in [6, 6.07) is 18.9. The van der Waals surface area contributed by atoms with E-state index in [0.29, 0.717) is 25.8 Å². The molecular weight excluding hydrogens is 488 g/mol. The molecule has 2 fully saturated rings. The van der Waals surface area contributed by atoms with E-state index in [1.165, 1.54) is 0 Å². The molecule has 39 heavy (non-hydrogen) atoms. The number of rotatable bonds is 12.